The summed E-state index contributed by atoms with van der Waals surface area (Å²) in [5, 5.41) is 2.67. The summed E-state index contributed by atoms with van der Waals surface area (Å²) in [6.45, 7) is 0. The molecule has 0 aromatic heterocycles. The molecule has 0 heterocycles. The van der Waals surface area contributed by atoms with Crippen molar-refractivity contribution >= 4 is 10.8 Å². The second kappa shape index (κ2) is 12.7. The molecular formula is C52H40. The first-order chi connectivity index (χ1) is 25.7. The Hall–Kier alpha value is -5.98. The second-order valence-electron chi connectivity index (χ2n) is 14.8. The van der Waals surface area contributed by atoms with E-state index in [1.165, 1.54) is 115 Å². The van der Waals surface area contributed by atoms with E-state index in [4.69, 9.17) is 0 Å². The summed E-state index contributed by atoms with van der Waals surface area (Å²) in [4.78, 5) is 0. The minimum absolute atomic E-state index is 0.0953. The molecule has 0 N–H and O–H groups in total. The third kappa shape index (κ3) is 5.13. The van der Waals surface area contributed by atoms with Crippen LogP contribution in [0.25, 0.3) is 77.5 Å². The van der Waals surface area contributed by atoms with Gasteiger partial charge >= 0.3 is 0 Å². The molecule has 1 saturated carbocycles. The van der Waals surface area contributed by atoms with Crippen molar-refractivity contribution in [2.45, 2.75) is 37.5 Å². The van der Waals surface area contributed by atoms with Crippen LogP contribution in [0.5, 0.6) is 0 Å². The zero-order valence-corrected chi connectivity index (χ0v) is 29.4. The molecule has 8 aromatic rings. The molecule has 8 aromatic carbocycles. The Balaban J connectivity index is 1.14. The van der Waals surface area contributed by atoms with Crippen molar-refractivity contribution in [3.8, 4) is 66.8 Å². The van der Waals surface area contributed by atoms with E-state index in [1.807, 2.05) is 0 Å². The van der Waals surface area contributed by atoms with E-state index in [2.05, 4.69) is 182 Å². The molecule has 248 valence electrons. The largest absolute Gasteiger partial charge is 0.0622 e. The van der Waals surface area contributed by atoms with Gasteiger partial charge in [-0.1, -0.05) is 165 Å². The maximum absolute atomic E-state index is 2.53. The molecule has 0 unspecified atom stereocenters. The predicted molar refractivity (Wildman–Crippen MR) is 220 cm³/mol. The molecule has 0 nitrogen and oxygen atoms in total. The predicted octanol–water partition coefficient (Wildman–Crippen LogP) is 14.4. The van der Waals surface area contributed by atoms with Crippen LogP contribution in [0.2, 0.25) is 0 Å². The molecule has 0 radical (unpaired) electrons. The highest BCUT2D eigenvalue weighted by molar-refractivity contribution is 6.01. The quantitative estimate of drug-likeness (QED) is 0.172. The normalized spacial score (nSPS) is 14.3. The van der Waals surface area contributed by atoms with E-state index in [9.17, 15) is 0 Å². The lowest BCUT2D eigenvalue weighted by Crippen LogP contribution is -2.28. The van der Waals surface area contributed by atoms with Gasteiger partial charge in [0.25, 0.3) is 0 Å². The number of rotatable bonds is 5. The summed E-state index contributed by atoms with van der Waals surface area (Å²) in [6, 6.07) is 67.8. The Morgan fingerprint density at radius 1 is 0.288 bits per heavy atom. The van der Waals surface area contributed by atoms with Crippen molar-refractivity contribution < 1.29 is 0 Å². The molecule has 0 heteroatoms. The molecule has 0 aliphatic heterocycles. The van der Waals surface area contributed by atoms with Crippen LogP contribution in [0.4, 0.5) is 0 Å². The van der Waals surface area contributed by atoms with Crippen LogP contribution in [0.15, 0.2) is 182 Å². The molecule has 0 amide bonds. The lowest BCUT2D eigenvalue weighted by molar-refractivity contribution is 0.353. The van der Waals surface area contributed by atoms with Gasteiger partial charge in [0.1, 0.15) is 0 Å². The van der Waals surface area contributed by atoms with Crippen molar-refractivity contribution in [2.24, 2.45) is 0 Å². The summed E-state index contributed by atoms with van der Waals surface area (Å²) in [7, 11) is 0. The van der Waals surface area contributed by atoms with Crippen molar-refractivity contribution in [3.05, 3.63) is 193 Å². The Morgan fingerprint density at radius 2 is 0.788 bits per heavy atom. The molecule has 0 atom stereocenters. The summed E-state index contributed by atoms with van der Waals surface area (Å²) in [5.41, 5.74) is 18.5. The minimum Gasteiger partial charge on any atom is -0.0622 e. The Labute approximate surface area is 307 Å². The average Bonchev–Trinajstić information content (AvgIpc) is 3.48. The van der Waals surface area contributed by atoms with E-state index >= 15 is 0 Å². The third-order valence-corrected chi connectivity index (χ3v) is 11.8. The smallest absolute Gasteiger partial charge is 0.0215 e. The van der Waals surface area contributed by atoms with E-state index in [1.54, 1.807) is 5.56 Å². The Kier molecular flexibility index (Phi) is 7.50. The first-order valence-corrected chi connectivity index (χ1v) is 18.9. The number of benzene rings is 8. The van der Waals surface area contributed by atoms with E-state index in [0.717, 1.165) is 0 Å². The molecule has 0 saturated heterocycles. The second-order valence-corrected chi connectivity index (χ2v) is 14.8. The third-order valence-electron chi connectivity index (χ3n) is 11.8. The van der Waals surface area contributed by atoms with Crippen LogP contribution in [0.1, 0.15) is 43.2 Å². The topological polar surface area (TPSA) is 0 Å². The molecule has 2 aliphatic carbocycles. The monoisotopic (exact) mass is 664 g/mol. The van der Waals surface area contributed by atoms with Gasteiger partial charge in [-0.15, -0.1) is 0 Å². The number of hydrogen-bond acceptors (Lipinski definition) is 0. The van der Waals surface area contributed by atoms with Gasteiger partial charge in [0.15, 0.2) is 0 Å². The van der Waals surface area contributed by atoms with Crippen LogP contribution in [0, 0.1) is 0 Å². The van der Waals surface area contributed by atoms with Crippen molar-refractivity contribution in [1.82, 2.24) is 0 Å². The van der Waals surface area contributed by atoms with Gasteiger partial charge in [-0.2, -0.15) is 0 Å². The van der Waals surface area contributed by atoms with E-state index < -0.39 is 0 Å². The summed E-state index contributed by atoms with van der Waals surface area (Å²) in [6.07, 6.45) is 6.37. The molecule has 1 spiro atoms. The first-order valence-electron chi connectivity index (χ1n) is 18.9. The lowest BCUT2D eigenvalue weighted by Gasteiger charge is -2.36. The molecule has 1 fully saturated rings. The average molecular weight is 665 g/mol. The van der Waals surface area contributed by atoms with Gasteiger partial charge in [-0.05, 0) is 138 Å². The fraction of sp³-hybridized carbons (Fsp3) is 0.115. The van der Waals surface area contributed by atoms with Crippen LogP contribution in [-0.2, 0) is 5.41 Å². The zero-order chi connectivity index (χ0) is 34.5. The fourth-order valence-electron chi connectivity index (χ4n) is 9.37. The van der Waals surface area contributed by atoms with Gasteiger partial charge in [0.2, 0.25) is 0 Å². The maximum Gasteiger partial charge on any atom is 0.0215 e. The highest BCUT2D eigenvalue weighted by atomic mass is 14.5. The Bertz CT molecular complexity index is 2530. The van der Waals surface area contributed by atoms with Crippen molar-refractivity contribution in [3.63, 3.8) is 0 Å². The van der Waals surface area contributed by atoms with Gasteiger partial charge in [0, 0.05) is 5.41 Å². The molecule has 10 rings (SSSR count). The van der Waals surface area contributed by atoms with Gasteiger partial charge in [0.05, 0.1) is 0 Å². The van der Waals surface area contributed by atoms with Crippen LogP contribution in [0.3, 0.4) is 0 Å². The van der Waals surface area contributed by atoms with Crippen molar-refractivity contribution in [1.29, 1.82) is 0 Å². The molecule has 0 bridgehead atoms. The molecule has 52 heavy (non-hydrogen) atoms. The highest BCUT2D eigenvalue weighted by Gasteiger charge is 2.44. The van der Waals surface area contributed by atoms with Crippen LogP contribution < -0.4 is 0 Å². The summed E-state index contributed by atoms with van der Waals surface area (Å²) < 4.78 is 0. The number of fused-ring (bicyclic) bond motifs is 6. The summed E-state index contributed by atoms with van der Waals surface area (Å²) in [5.74, 6) is 0. The highest BCUT2D eigenvalue weighted by Crippen LogP contribution is 2.59. The standard InChI is InChI=1S/C52H40/c1-4-16-36(17-5-1)42-31-43(37-18-6-2-7-19-37)33-44(32-42)38-22-14-23-41(30-38)45-24-10-11-25-46(45)47-26-15-27-49-51(47)48-34-39-20-8-9-21-40(39)35-50(48)52(49)28-12-3-13-29-52/h1-2,4-11,14-27,30-35H,3,12-13,28-29H2. The summed E-state index contributed by atoms with van der Waals surface area (Å²) >= 11 is 0. The van der Waals surface area contributed by atoms with Gasteiger partial charge in [-0.3, -0.25) is 0 Å². The maximum atomic E-state index is 2.53. The van der Waals surface area contributed by atoms with Crippen LogP contribution >= 0.6 is 0 Å². The number of hydrogen-bond donors (Lipinski definition) is 0. The minimum atomic E-state index is 0.0953. The SMILES string of the molecule is c1ccc(-c2cc(-c3ccccc3)cc(-c3cccc(-c4ccccc4-c4cccc5c4-c4cc6ccccc6cc4C54CCCCC4)c3)c2)cc1. The van der Waals surface area contributed by atoms with Crippen molar-refractivity contribution in [2.75, 3.05) is 0 Å². The zero-order valence-electron chi connectivity index (χ0n) is 29.4. The first kappa shape index (κ1) is 30.8. The van der Waals surface area contributed by atoms with Gasteiger partial charge in [-0.25, -0.2) is 0 Å². The van der Waals surface area contributed by atoms with E-state index in [-0.39, 0.29) is 5.41 Å². The van der Waals surface area contributed by atoms with E-state index in [0.29, 0.717) is 0 Å². The fourth-order valence-corrected chi connectivity index (χ4v) is 9.37. The Morgan fingerprint density at radius 3 is 1.48 bits per heavy atom. The lowest BCUT2D eigenvalue weighted by atomic mass is 9.67. The molecule has 2 aliphatic rings. The van der Waals surface area contributed by atoms with Crippen LogP contribution in [-0.4, -0.2) is 0 Å². The molecular weight excluding hydrogens is 625 g/mol. The van der Waals surface area contributed by atoms with Gasteiger partial charge < -0.3 is 0 Å².